The second kappa shape index (κ2) is 5.25. The molecule has 0 atom stereocenters. The van der Waals surface area contributed by atoms with E-state index < -0.39 is 0 Å². The minimum atomic E-state index is 0.311. The summed E-state index contributed by atoms with van der Waals surface area (Å²) in [6, 6.07) is 12.3. The summed E-state index contributed by atoms with van der Waals surface area (Å²) in [4.78, 5) is 12.5. The molecule has 3 aromatic rings. The van der Waals surface area contributed by atoms with E-state index in [9.17, 15) is 0 Å². The van der Waals surface area contributed by atoms with Crippen LogP contribution in [0.4, 0.5) is 5.82 Å². The number of aromatic amines is 1. The van der Waals surface area contributed by atoms with Gasteiger partial charge in [-0.3, -0.25) is 0 Å². The molecule has 2 aromatic heterocycles. The van der Waals surface area contributed by atoms with E-state index in [-0.39, 0.29) is 0 Å². The molecule has 0 aliphatic rings. The number of anilines is 1. The second-order valence-corrected chi connectivity index (χ2v) is 5.79. The van der Waals surface area contributed by atoms with Crippen LogP contribution >= 0.6 is 15.9 Å². The molecule has 5 heteroatoms. The van der Waals surface area contributed by atoms with Crippen LogP contribution < -0.4 is 5.32 Å². The van der Waals surface area contributed by atoms with Crippen molar-refractivity contribution in [1.82, 2.24) is 15.0 Å². The number of rotatable bonds is 3. The highest BCUT2D eigenvalue weighted by molar-refractivity contribution is 9.10. The highest BCUT2D eigenvalue weighted by Gasteiger charge is 2.12. The van der Waals surface area contributed by atoms with Crippen LogP contribution in [0, 0.1) is 0 Å². The first-order valence-electron chi connectivity index (χ1n) is 6.51. The molecule has 2 heterocycles. The van der Waals surface area contributed by atoms with Crippen LogP contribution in [0.1, 0.15) is 13.8 Å². The number of halogens is 1. The number of H-pyrrole nitrogens is 1. The number of aromatic nitrogens is 3. The van der Waals surface area contributed by atoms with E-state index in [2.05, 4.69) is 50.0 Å². The Hall–Kier alpha value is -1.88. The molecule has 102 valence electrons. The molecule has 0 aliphatic carbocycles. The summed E-state index contributed by atoms with van der Waals surface area (Å²) in [6.07, 6.45) is 0. The Labute approximate surface area is 125 Å². The first-order valence-corrected chi connectivity index (χ1v) is 7.31. The molecule has 0 unspecified atom stereocenters. The minimum Gasteiger partial charge on any atom is -0.367 e. The zero-order valence-electron chi connectivity index (χ0n) is 11.3. The Morgan fingerprint density at radius 2 is 1.90 bits per heavy atom. The van der Waals surface area contributed by atoms with Gasteiger partial charge in [0, 0.05) is 11.6 Å². The number of hydrogen-bond acceptors (Lipinski definition) is 3. The number of fused-ring (bicyclic) bond motifs is 1. The van der Waals surface area contributed by atoms with Crippen LogP contribution in [0.25, 0.3) is 22.4 Å². The molecule has 3 rings (SSSR count). The summed E-state index contributed by atoms with van der Waals surface area (Å²) in [5.41, 5.74) is 1.83. The molecule has 0 amide bonds. The third-order valence-electron chi connectivity index (χ3n) is 2.91. The van der Waals surface area contributed by atoms with Gasteiger partial charge >= 0.3 is 0 Å². The van der Waals surface area contributed by atoms with Crippen molar-refractivity contribution in [3.8, 4) is 11.4 Å². The summed E-state index contributed by atoms with van der Waals surface area (Å²) in [6.45, 7) is 4.19. The van der Waals surface area contributed by atoms with Gasteiger partial charge in [-0.25, -0.2) is 9.97 Å². The third-order valence-corrected chi connectivity index (χ3v) is 3.34. The maximum atomic E-state index is 4.66. The molecular formula is C15H15BrN4. The predicted octanol–water partition coefficient (Wildman–Crippen LogP) is 4.21. The highest BCUT2D eigenvalue weighted by atomic mass is 79.9. The third kappa shape index (κ3) is 2.54. The fraction of sp³-hybridized carbons (Fsp3) is 0.200. The maximum Gasteiger partial charge on any atom is 0.163 e. The molecule has 2 N–H and O–H groups in total. The van der Waals surface area contributed by atoms with Crippen molar-refractivity contribution >= 4 is 32.8 Å². The van der Waals surface area contributed by atoms with Crippen molar-refractivity contribution < 1.29 is 0 Å². The molecule has 0 radical (unpaired) electrons. The second-order valence-electron chi connectivity index (χ2n) is 4.94. The normalized spacial score (nSPS) is 11.2. The number of benzene rings is 1. The van der Waals surface area contributed by atoms with Gasteiger partial charge in [-0.05, 0) is 35.8 Å². The minimum absolute atomic E-state index is 0.311. The van der Waals surface area contributed by atoms with E-state index in [1.54, 1.807) is 0 Å². The van der Waals surface area contributed by atoms with E-state index >= 15 is 0 Å². The van der Waals surface area contributed by atoms with Crippen LogP contribution in [0.5, 0.6) is 0 Å². The number of hydrogen-bond donors (Lipinski definition) is 2. The standard InChI is InChI=1S/C15H15BrN4/c1-9(2)17-14-11-8-12(16)18-15(11)20-13(19-14)10-6-4-3-5-7-10/h3-9H,1-2H3,(H2,17,18,19,20). The lowest BCUT2D eigenvalue weighted by Crippen LogP contribution is -2.12. The maximum absolute atomic E-state index is 4.66. The van der Waals surface area contributed by atoms with Crippen LogP contribution in [-0.2, 0) is 0 Å². The van der Waals surface area contributed by atoms with E-state index in [4.69, 9.17) is 0 Å². The number of nitrogens with zero attached hydrogens (tertiary/aromatic N) is 2. The fourth-order valence-electron chi connectivity index (χ4n) is 2.08. The van der Waals surface area contributed by atoms with Crippen molar-refractivity contribution in [3.05, 3.63) is 41.0 Å². The topological polar surface area (TPSA) is 53.6 Å². The van der Waals surface area contributed by atoms with Crippen molar-refractivity contribution in [2.45, 2.75) is 19.9 Å². The van der Waals surface area contributed by atoms with E-state index in [0.717, 1.165) is 32.8 Å². The Morgan fingerprint density at radius 1 is 1.15 bits per heavy atom. The summed E-state index contributed by atoms with van der Waals surface area (Å²) in [7, 11) is 0. The Balaban J connectivity index is 2.19. The summed E-state index contributed by atoms with van der Waals surface area (Å²) in [5, 5.41) is 4.37. The lowest BCUT2D eigenvalue weighted by Gasteiger charge is -2.11. The highest BCUT2D eigenvalue weighted by Crippen LogP contribution is 2.27. The van der Waals surface area contributed by atoms with Gasteiger partial charge in [0.25, 0.3) is 0 Å². The molecule has 0 saturated heterocycles. The van der Waals surface area contributed by atoms with Crippen LogP contribution in [-0.4, -0.2) is 21.0 Å². The Bertz CT molecular complexity index is 734. The molecule has 0 saturated carbocycles. The predicted molar refractivity (Wildman–Crippen MR) is 85.8 cm³/mol. The van der Waals surface area contributed by atoms with Gasteiger partial charge in [0.05, 0.1) is 9.99 Å². The van der Waals surface area contributed by atoms with Crippen LogP contribution in [0.2, 0.25) is 0 Å². The van der Waals surface area contributed by atoms with E-state index in [1.807, 2.05) is 36.4 Å². The quantitative estimate of drug-likeness (QED) is 0.756. The van der Waals surface area contributed by atoms with Crippen molar-refractivity contribution in [2.24, 2.45) is 0 Å². The molecule has 4 nitrogen and oxygen atoms in total. The zero-order valence-corrected chi connectivity index (χ0v) is 12.9. The lowest BCUT2D eigenvalue weighted by atomic mass is 10.2. The van der Waals surface area contributed by atoms with Gasteiger partial charge in [-0.1, -0.05) is 30.3 Å². The van der Waals surface area contributed by atoms with Crippen LogP contribution in [0.15, 0.2) is 41.0 Å². The SMILES string of the molecule is CC(C)Nc1nc(-c2ccccc2)nc2[nH]c(Br)cc12. The van der Waals surface area contributed by atoms with Crippen molar-refractivity contribution in [2.75, 3.05) is 5.32 Å². The monoisotopic (exact) mass is 330 g/mol. The van der Waals surface area contributed by atoms with E-state index in [0.29, 0.717) is 6.04 Å². The summed E-state index contributed by atoms with van der Waals surface area (Å²) < 4.78 is 0.902. The van der Waals surface area contributed by atoms with E-state index in [1.165, 1.54) is 0 Å². The largest absolute Gasteiger partial charge is 0.367 e. The van der Waals surface area contributed by atoms with Crippen molar-refractivity contribution in [1.29, 1.82) is 0 Å². The van der Waals surface area contributed by atoms with Gasteiger partial charge in [-0.15, -0.1) is 0 Å². The first kappa shape index (κ1) is 13.1. The average Bonchev–Trinajstić information content (AvgIpc) is 2.80. The average molecular weight is 331 g/mol. The molecule has 0 spiro atoms. The first-order chi connectivity index (χ1) is 9.63. The summed E-state index contributed by atoms with van der Waals surface area (Å²) in [5.74, 6) is 1.57. The van der Waals surface area contributed by atoms with Gasteiger partial charge in [-0.2, -0.15) is 0 Å². The molecule has 1 aromatic carbocycles. The fourth-order valence-corrected chi connectivity index (χ4v) is 2.49. The smallest absolute Gasteiger partial charge is 0.163 e. The molecular weight excluding hydrogens is 316 g/mol. The Morgan fingerprint density at radius 3 is 2.60 bits per heavy atom. The summed E-state index contributed by atoms with van der Waals surface area (Å²) >= 11 is 3.45. The van der Waals surface area contributed by atoms with Gasteiger partial charge in [0.15, 0.2) is 5.82 Å². The van der Waals surface area contributed by atoms with Gasteiger partial charge < -0.3 is 10.3 Å². The van der Waals surface area contributed by atoms with Gasteiger partial charge in [0.2, 0.25) is 0 Å². The van der Waals surface area contributed by atoms with Gasteiger partial charge in [0.1, 0.15) is 11.5 Å². The lowest BCUT2D eigenvalue weighted by molar-refractivity contribution is 0.891. The van der Waals surface area contributed by atoms with Crippen LogP contribution in [0.3, 0.4) is 0 Å². The molecule has 0 bridgehead atoms. The molecule has 0 aliphatic heterocycles. The Kier molecular flexibility index (Phi) is 3.44. The zero-order chi connectivity index (χ0) is 14.1. The molecule has 0 fully saturated rings. The number of nitrogens with one attached hydrogen (secondary N) is 2. The van der Waals surface area contributed by atoms with Crippen molar-refractivity contribution in [3.63, 3.8) is 0 Å². The molecule has 20 heavy (non-hydrogen) atoms.